The normalized spacial score (nSPS) is 18.1. The van der Waals surface area contributed by atoms with E-state index in [0.29, 0.717) is 19.6 Å². The minimum absolute atomic E-state index is 0.00111. The van der Waals surface area contributed by atoms with Gasteiger partial charge >= 0.3 is 0 Å². The van der Waals surface area contributed by atoms with Crippen molar-refractivity contribution < 1.29 is 13.6 Å². The van der Waals surface area contributed by atoms with Crippen molar-refractivity contribution in [2.75, 3.05) is 36.9 Å². The molecule has 0 spiro atoms. The van der Waals surface area contributed by atoms with Gasteiger partial charge in [-0.1, -0.05) is 0 Å². The third kappa shape index (κ3) is 2.64. The van der Waals surface area contributed by atoms with Crippen LogP contribution < -0.4 is 10.2 Å². The number of halogens is 2. The predicted octanol–water partition coefficient (Wildman–Crippen LogP) is 1.85. The molecule has 1 aliphatic heterocycles. The second kappa shape index (κ2) is 5.46. The first-order valence-electron chi connectivity index (χ1n) is 6.92. The third-order valence-corrected chi connectivity index (χ3v) is 3.71. The zero-order valence-electron chi connectivity index (χ0n) is 12.7. The molecule has 1 fully saturated rings. The van der Waals surface area contributed by atoms with Crippen LogP contribution in [0, 0.1) is 11.6 Å². The van der Waals surface area contributed by atoms with E-state index >= 15 is 0 Å². The van der Waals surface area contributed by atoms with Crippen molar-refractivity contribution in [3.8, 4) is 0 Å². The number of pyridine rings is 1. The van der Waals surface area contributed by atoms with Crippen molar-refractivity contribution in [3.63, 3.8) is 0 Å². The molecule has 0 saturated carbocycles. The number of anilines is 2. The lowest BCUT2D eigenvalue weighted by Crippen LogP contribution is -2.62. The first-order valence-corrected chi connectivity index (χ1v) is 6.92. The Labute approximate surface area is 122 Å². The average molecular weight is 298 g/mol. The Bertz CT molecular complexity index is 562. The van der Waals surface area contributed by atoms with Crippen molar-refractivity contribution in [1.82, 2.24) is 9.88 Å². The largest absolute Gasteiger partial charge is 0.368 e. The van der Waals surface area contributed by atoms with Crippen molar-refractivity contribution in [2.45, 2.75) is 26.3 Å². The van der Waals surface area contributed by atoms with Gasteiger partial charge < -0.3 is 15.1 Å². The molecule has 5 nitrogen and oxygen atoms in total. The van der Waals surface area contributed by atoms with Crippen LogP contribution in [-0.4, -0.2) is 48.0 Å². The van der Waals surface area contributed by atoms with E-state index in [0.717, 1.165) is 6.07 Å². The molecule has 1 aliphatic rings. The van der Waals surface area contributed by atoms with Crippen molar-refractivity contribution in [1.29, 1.82) is 0 Å². The summed E-state index contributed by atoms with van der Waals surface area (Å²) in [6, 6.07) is 0.805. The van der Waals surface area contributed by atoms with Gasteiger partial charge in [0.2, 0.25) is 5.91 Å². The summed E-state index contributed by atoms with van der Waals surface area (Å²) < 4.78 is 27.8. The number of aromatic nitrogens is 1. The first kappa shape index (κ1) is 15.5. The summed E-state index contributed by atoms with van der Waals surface area (Å²) >= 11 is 0. The molecule has 1 saturated heterocycles. The number of nitrogens with zero attached hydrogens (tertiary/aromatic N) is 3. The summed E-state index contributed by atoms with van der Waals surface area (Å²) in [5, 5.41) is 2.76. The van der Waals surface area contributed by atoms with Crippen molar-refractivity contribution >= 4 is 17.5 Å². The summed E-state index contributed by atoms with van der Waals surface area (Å²) in [5.74, 6) is -1.63. The number of hydrogen-bond donors (Lipinski definition) is 1. The lowest BCUT2D eigenvalue weighted by Gasteiger charge is -2.45. The minimum Gasteiger partial charge on any atom is -0.368 e. The fraction of sp³-hybridized carbons (Fsp3) is 0.571. The molecule has 1 aromatic rings. The first-order chi connectivity index (χ1) is 9.78. The highest BCUT2D eigenvalue weighted by molar-refractivity contribution is 5.90. The Morgan fingerprint density at radius 1 is 1.33 bits per heavy atom. The number of hydrogen-bond acceptors (Lipinski definition) is 4. The van der Waals surface area contributed by atoms with Crippen molar-refractivity contribution in [2.24, 2.45) is 0 Å². The fourth-order valence-corrected chi connectivity index (χ4v) is 2.52. The Morgan fingerprint density at radius 3 is 2.62 bits per heavy atom. The van der Waals surface area contributed by atoms with Gasteiger partial charge in [-0.25, -0.2) is 13.8 Å². The van der Waals surface area contributed by atoms with Gasteiger partial charge in [0.1, 0.15) is 5.54 Å². The second-order valence-electron chi connectivity index (χ2n) is 5.59. The van der Waals surface area contributed by atoms with Gasteiger partial charge in [0, 0.05) is 32.7 Å². The molecule has 0 aliphatic carbocycles. The van der Waals surface area contributed by atoms with E-state index in [-0.39, 0.29) is 17.5 Å². The Balaban J connectivity index is 2.45. The van der Waals surface area contributed by atoms with Gasteiger partial charge in [0.25, 0.3) is 0 Å². The highest BCUT2D eigenvalue weighted by Crippen LogP contribution is 2.31. The van der Waals surface area contributed by atoms with Gasteiger partial charge in [-0.15, -0.1) is 0 Å². The van der Waals surface area contributed by atoms with Gasteiger partial charge in [0.05, 0.1) is 0 Å². The van der Waals surface area contributed by atoms with E-state index in [9.17, 15) is 13.6 Å². The monoisotopic (exact) mass is 298 g/mol. The molecule has 1 amide bonds. The summed E-state index contributed by atoms with van der Waals surface area (Å²) in [5.41, 5.74) is -0.928. The summed E-state index contributed by atoms with van der Waals surface area (Å²) in [7, 11) is 1.71. The maximum atomic E-state index is 14.1. The Morgan fingerprint density at radius 2 is 2.00 bits per heavy atom. The lowest BCUT2D eigenvalue weighted by atomic mass is 9.97. The van der Waals surface area contributed by atoms with Gasteiger partial charge in [-0.3, -0.25) is 4.79 Å². The van der Waals surface area contributed by atoms with Crippen LogP contribution in [0.25, 0.3) is 0 Å². The average Bonchev–Trinajstić information content (AvgIpc) is 2.41. The highest BCUT2D eigenvalue weighted by atomic mass is 19.1. The van der Waals surface area contributed by atoms with Crippen LogP contribution in [0.3, 0.4) is 0 Å². The molecule has 0 bridgehead atoms. The zero-order valence-corrected chi connectivity index (χ0v) is 12.7. The van der Waals surface area contributed by atoms with E-state index < -0.39 is 17.2 Å². The lowest BCUT2D eigenvalue weighted by molar-refractivity contribution is -0.136. The van der Waals surface area contributed by atoms with Crippen LogP contribution in [0.15, 0.2) is 6.07 Å². The van der Waals surface area contributed by atoms with Gasteiger partial charge in [-0.05, 0) is 20.8 Å². The van der Waals surface area contributed by atoms with E-state index in [4.69, 9.17) is 0 Å². The van der Waals surface area contributed by atoms with E-state index in [1.165, 1.54) is 0 Å². The summed E-state index contributed by atoms with van der Waals surface area (Å²) in [4.78, 5) is 19.5. The van der Waals surface area contributed by atoms with E-state index in [2.05, 4.69) is 10.3 Å². The SMILES string of the molecule is CCNc1nc(N2CCN(C)C(=O)C2(C)C)c(F)cc1F. The standard InChI is InChI=1S/C14H20F2N4O/c1-5-17-11-9(15)8-10(16)12(18-11)20-7-6-19(4)13(21)14(20,2)3/h8H,5-7H2,1-4H3,(H,17,18). The molecule has 2 rings (SSSR count). The van der Waals surface area contributed by atoms with E-state index in [1.807, 2.05) is 0 Å². The maximum absolute atomic E-state index is 14.1. The molecule has 1 N–H and O–H groups in total. The van der Waals surface area contributed by atoms with Gasteiger partial charge in [0.15, 0.2) is 23.3 Å². The van der Waals surface area contributed by atoms with Gasteiger partial charge in [-0.2, -0.15) is 0 Å². The number of piperazine rings is 1. The summed E-state index contributed by atoms with van der Waals surface area (Å²) in [6.07, 6.45) is 0. The molecule has 7 heteroatoms. The molecule has 116 valence electrons. The molecular formula is C14H20F2N4O. The molecule has 0 radical (unpaired) electrons. The number of carbonyl (C=O) groups excluding carboxylic acids is 1. The molecule has 0 atom stereocenters. The minimum atomic E-state index is -0.928. The number of amides is 1. The quantitative estimate of drug-likeness (QED) is 0.925. The highest BCUT2D eigenvalue weighted by Gasteiger charge is 2.42. The fourth-order valence-electron chi connectivity index (χ4n) is 2.52. The number of rotatable bonds is 3. The van der Waals surface area contributed by atoms with Crippen LogP contribution in [0.5, 0.6) is 0 Å². The zero-order chi connectivity index (χ0) is 15.8. The molecule has 2 heterocycles. The number of nitrogens with one attached hydrogen (secondary N) is 1. The molecule has 0 unspecified atom stereocenters. The second-order valence-corrected chi connectivity index (χ2v) is 5.59. The molecule has 0 aromatic carbocycles. The smallest absolute Gasteiger partial charge is 0.247 e. The van der Waals surface area contributed by atoms with Crippen LogP contribution in [0.1, 0.15) is 20.8 Å². The van der Waals surface area contributed by atoms with Crippen LogP contribution >= 0.6 is 0 Å². The predicted molar refractivity (Wildman–Crippen MR) is 77.4 cm³/mol. The Kier molecular flexibility index (Phi) is 4.02. The Hall–Kier alpha value is -1.92. The molecule has 21 heavy (non-hydrogen) atoms. The van der Waals surface area contributed by atoms with Crippen LogP contribution in [0.2, 0.25) is 0 Å². The topological polar surface area (TPSA) is 48.5 Å². The molecule has 1 aromatic heterocycles. The third-order valence-electron chi connectivity index (χ3n) is 3.71. The van der Waals surface area contributed by atoms with Crippen LogP contribution in [0.4, 0.5) is 20.4 Å². The number of carbonyl (C=O) groups is 1. The molecular weight excluding hydrogens is 278 g/mol. The summed E-state index contributed by atoms with van der Waals surface area (Å²) in [6.45, 7) is 6.60. The van der Waals surface area contributed by atoms with Crippen molar-refractivity contribution in [3.05, 3.63) is 17.7 Å². The van der Waals surface area contributed by atoms with E-state index in [1.54, 1.807) is 37.6 Å². The maximum Gasteiger partial charge on any atom is 0.247 e. The number of likely N-dealkylation sites (N-methyl/N-ethyl adjacent to an activating group) is 1. The van der Waals surface area contributed by atoms with Crippen LogP contribution in [-0.2, 0) is 4.79 Å².